The maximum atomic E-state index is 5.86. The molecule has 0 saturated carbocycles. The van der Waals surface area contributed by atoms with Crippen molar-refractivity contribution in [3.63, 3.8) is 0 Å². The molecular formula is C19H27N3. The highest BCUT2D eigenvalue weighted by molar-refractivity contribution is 5.88. The summed E-state index contributed by atoms with van der Waals surface area (Å²) in [5, 5.41) is 1.51. The van der Waals surface area contributed by atoms with Crippen LogP contribution < -0.4 is 5.73 Å². The van der Waals surface area contributed by atoms with Gasteiger partial charge in [0.25, 0.3) is 0 Å². The molecular weight excluding hydrogens is 270 g/mol. The number of nitrogens with one attached hydrogen (secondary N) is 1. The lowest BCUT2D eigenvalue weighted by Gasteiger charge is -2.47. The van der Waals surface area contributed by atoms with Crippen LogP contribution in [0.5, 0.6) is 0 Å². The van der Waals surface area contributed by atoms with E-state index in [9.17, 15) is 0 Å². The van der Waals surface area contributed by atoms with Crippen LogP contribution in [0.2, 0.25) is 0 Å². The molecule has 0 amide bonds. The van der Waals surface area contributed by atoms with Crippen molar-refractivity contribution in [2.75, 3.05) is 19.6 Å². The normalized spacial score (nSPS) is 28.0. The maximum Gasteiger partial charge on any atom is 0.0459 e. The zero-order valence-electron chi connectivity index (χ0n) is 13.5. The summed E-state index contributed by atoms with van der Waals surface area (Å²) in [6, 6.07) is 7.48. The average Bonchev–Trinajstić information content (AvgIpc) is 2.94. The third kappa shape index (κ3) is 2.19. The largest absolute Gasteiger partial charge is 0.361 e. The summed E-state index contributed by atoms with van der Waals surface area (Å²) in [4.78, 5) is 6.23. The molecule has 2 aromatic rings. The first-order valence-electron chi connectivity index (χ1n) is 8.84. The molecule has 22 heavy (non-hydrogen) atoms. The van der Waals surface area contributed by atoms with Crippen molar-refractivity contribution < 1.29 is 0 Å². The minimum absolute atomic E-state index is 0.683. The van der Waals surface area contributed by atoms with Crippen molar-refractivity contribution in [3.05, 3.63) is 35.5 Å². The van der Waals surface area contributed by atoms with Crippen LogP contribution in [0.1, 0.15) is 43.2 Å². The second kappa shape index (κ2) is 5.71. The minimum atomic E-state index is 0.683. The Hall–Kier alpha value is -1.32. The highest BCUT2D eigenvalue weighted by Gasteiger charge is 2.40. The highest BCUT2D eigenvalue weighted by Crippen LogP contribution is 2.45. The summed E-state index contributed by atoms with van der Waals surface area (Å²) in [7, 11) is 0. The highest BCUT2D eigenvalue weighted by atomic mass is 15.2. The van der Waals surface area contributed by atoms with E-state index in [2.05, 4.69) is 41.2 Å². The number of aromatic amines is 1. The molecule has 1 unspecified atom stereocenters. The lowest BCUT2D eigenvalue weighted by atomic mass is 9.71. The Morgan fingerprint density at radius 1 is 1.36 bits per heavy atom. The fourth-order valence-corrected chi connectivity index (χ4v) is 4.89. The number of nitrogens with zero attached hydrogens (tertiary/aromatic N) is 1. The predicted octanol–water partition coefficient (Wildman–Crippen LogP) is 3.26. The Labute approximate surface area is 132 Å². The quantitative estimate of drug-likeness (QED) is 0.910. The van der Waals surface area contributed by atoms with Crippen molar-refractivity contribution in [2.24, 2.45) is 11.7 Å². The number of hydrogen-bond donors (Lipinski definition) is 2. The van der Waals surface area contributed by atoms with Crippen LogP contribution in [0, 0.1) is 5.92 Å². The van der Waals surface area contributed by atoms with Gasteiger partial charge in [-0.1, -0.05) is 19.1 Å². The van der Waals surface area contributed by atoms with Gasteiger partial charge in [-0.3, -0.25) is 4.90 Å². The molecule has 1 saturated heterocycles. The molecule has 1 fully saturated rings. The average molecular weight is 297 g/mol. The van der Waals surface area contributed by atoms with Crippen LogP contribution in [0.25, 0.3) is 10.9 Å². The van der Waals surface area contributed by atoms with E-state index in [0.29, 0.717) is 12.0 Å². The van der Waals surface area contributed by atoms with Gasteiger partial charge in [0.05, 0.1) is 0 Å². The van der Waals surface area contributed by atoms with Crippen LogP contribution in [-0.4, -0.2) is 35.6 Å². The number of nitrogens with two attached hydrogens (primary N) is 1. The van der Waals surface area contributed by atoms with Gasteiger partial charge in [-0.25, -0.2) is 0 Å². The fourth-order valence-electron chi connectivity index (χ4n) is 4.89. The van der Waals surface area contributed by atoms with E-state index in [-0.39, 0.29) is 0 Å². The molecule has 1 aromatic carbocycles. The summed E-state index contributed by atoms with van der Waals surface area (Å²) in [6.07, 6.45) is 7.16. The van der Waals surface area contributed by atoms with Crippen LogP contribution in [0.3, 0.4) is 0 Å². The van der Waals surface area contributed by atoms with Crippen molar-refractivity contribution in [1.29, 1.82) is 0 Å². The van der Waals surface area contributed by atoms with E-state index in [1.807, 2.05) is 0 Å². The first-order chi connectivity index (χ1) is 10.8. The number of piperidine rings is 1. The molecule has 0 bridgehead atoms. The second-order valence-electron chi connectivity index (χ2n) is 7.14. The molecule has 3 heteroatoms. The number of benzene rings is 1. The van der Waals surface area contributed by atoms with Gasteiger partial charge >= 0.3 is 0 Å². The Balaban J connectivity index is 1.75. The molecule has 0 spiro atoms. The summed E-state index contributed by atoms with van der Waals surface area (Å²) in [5.41, 5.74) is 10.3. The molecule has 3 atom stereocenters. The van der Waals surface area contributed by atoms with Gasteiger partial charge in [-0.05, 0) is 61.9 Å². The Morgan fingerprint density at radius 2 is 2.27 bits per heavy atom. The summed E-state index contributed by atoms with van der Waals surface area (Å²) in [5.74, 6) is 1.44. The van der Waals surface area contributed by atoms with Crippen LogP contribution in [0.15, 0.2) is 24.4 Å². The Kier molecular flexibility index (Phi) is 3.71. The van der Waals surface area contributed by atoms with Crippen molar-refractivity contribution in [1.82, 2.24) is 9.88 Å². The van der Waals surface area contributed by atoms with Gasteiger partial charge in [-0.15, -0.1) is 0 Å². The van der Waals surface area contributed by atoms with Gasteiger partial charge in [0.1, 0.15) is 0 Å². The lowest BCUT2D eigenvalue weighted by molar-refractivity contribution is 0.0821. The van der Waals surface area contributed by atoms with E-state index >= 15 is 0 Å². The fraction of sp³-hybridized carbons (Fsp3) is 0.579. The molecule has 2 aliphatic rings. The number of aromatic nitrogens is 1. The number of H-pyrrole nitrogens is 1. The monoisotopic (exact) mass is 297 g/mol. The second-order valence-corrected chi connectivity index (χ2v) is 7.14. The number of rotatable bonds is 4. The standard InChI is InChI=1S/C19H27N3/c1-2-8-22-12-13(6-7-20)9-16-15-4-3-5-17-19(15)14(11-21-17)10-18(16)22/h3-5,11,13,16,18,21H,2,6-10,12,20H2,1H3/t13-,16?,18-/m1/s1. The molecule has 118 valence electrons. The molecule has 1 aliphatic carbocycles. The summed E-state index contributed by atoms with van der Waals surface area (Å²) < 4.78 is 0. The molecule has 2 heterocycles. The number of likely N-dealkylation sites (tertiary alicyclic amines) is 1. The SMILES string of the molecule is CCCN1C[C@H](CCN)CC2c3cccc4[nH]cc(c34)C[C@H]21. The molecule has 0 radical (unpaired) electrons. The van der Waals surface area contributed by atoms with Gasteiger partial charge in [0.2, 0.25) is 0 Å². The third-order valence-corrected chi connectivity index (χ3v) is 5.75. The molecule has 1 aliphatic heterocycles. The molecule has 1 aromatic heterocycles. The maximum absolute atomic E-state index is 5.86. The van der Waals surface area contributed by atoms with Gasteiger partial charge in [-0.2, -0.15) is 0 Å². The van der Waals surface area contributed by atoms with E-state index in [4.69, 9.17) is 5.73 Å². The summed E-state index contributed by atoms with van der Waals surface area (Å²) >= 11 is 0. The Morgan fingerprint density at radius 3 is 3.09 bits per heavy atom. The van der Waals surface area contributed by atoms with Crippen molar-refractivity contribution in [2.45, 2.75) is 44.6 Å². The third-order valence-electron chi connectivity index (χ3n) is 5.75. The number of hydrogen-bond acceptors (Lipinski definition) is 2. The van der Waals surface area contributed by atoms with E-state index in [0.717, 1.165) is 12.5 Å². The molecule has 4 rings (SSSR count). The first-order valence-corrected chi connectivity index (χ1v) is 8.84. The Bertz CT molecular complexity index is 660. The van der Waals surface area contributed by atoms with Crippen LogP contribution in [0.4, 0.5) is 0 Å². The van der Waals surface area contributed by atoms with Gasteiger partial charge in [0.15, 0.2) is 0 Å². The van der Waals surface area contributed by atoms with Gasteiger partial charge in [0, 0.05) is 35.6 Å². The lowest BCUT2D eigenvalue weighted by Crippen LogP contribution is -2.50. The smallest absolute Gasteiger partial charge is 0.0459 e. The van der Waals surface area contributed by atoms with Crippen molar-refractivity contribution >= 4 is 10.9 Å². The zero-order valence-corrected chi connectivity index (χ0v) is 13.5. The predicted molar refractivity (Wildman–Crippen MR) is 92.2 cm³/mol. The van der Waals surface area contributed by atoms with Crippen LogP contribution >= 0.6 is 0 Å². The van der Waals surface area contributed by atoms with E-state index < -0.39 is 0 Å². The van der Waals surface area contributed by atoms with Gasteiger partial charge < -0.3 is 10.7 Å². The first kappa shape index (κ1) is 14.3. The van der Waals surface area contributed by atoms with Crippen molar-refractivity contribution in [3.8, 4) is 0 Å². The minimum Gasteiger partial charge on any atom is -0.361 e. The van der Waals surface area contributed by atoms with Crippen LogP contribution in [-0.2, 0) is 6.42 Å². The molecule has 3 N–H and O–H groups in total. The molecule has 3 nitrogen and oxygen atoms in total. The van der Waals surface area contributed by atoms with E-state index in [1.54, 1.807) is 5.56 Å². The summed E-state index contributed by atoms with van der Waals surface area (Å²) in [6.45, 7) is 5.58. The zero-order chi connectivity index (χ0) is 15.1. The topological polar surface area (TPSA) is 45.0 Å². The number of fused-ring (bicyclic) bond motifs is 2. The van der Waals surface area contributed by atoms with E-state index in [1.165, 1.54) is 55.2 Å².